The van der Waals surface area contributed by atoms with Gasteiger partial charge in [0.05, 0.1) is 16.4 Å². The number of aryl methyl sites for hydroxylation is 2. The highest BCUT2D eigenvalue weighted by Crippen LogP contribution is 2.24. The van der Waals surface area contributed by atoms with Gasteiger partial charge in [-0.2, -0.15) is 0 Å². The number of nitrogens with zero attached hydrogens (tertiary/aromatic N) is 2. The summed E-state index contributed by atoms with van der Waals surface area (Å²) in [6, 6.07) is 10.2. The summed E-state index contributed by atoms with van der Waals surface area (Å²) in [5, 5.41) is 5.81. The number of H-pyrrole nitrogens is 1. The van der Waals surface area contributed by atoms with Gasteiger partial charge in [-0.25, -0.2) is 4.68 Å². The molecule has 1 aromatic carbocycles. The van der Waals surface area contributed by atoms with Crippen LogP contribution < -0.4 is 5.56 Å². The summed E-state index contributed by atoms with van der Waals surface area (Å²) in [6.45, 7) is 4.20. The van der Waals surface area contributed by atoms with Gasteiger partial charge in [0.25, 0.3) is 5.56 Å². The van der Waals surface area contributed by atoms with E-state index in [1.54, 1.807) is 22.2 Å². The van der Waals surface area contributed by atoms with Crippen molar-refractivity contribution in [3.8, 4) is 5.00 Å². The van der Waals surface area contributed by atoms with E-state index in [0.717, 1.165) is 39.8 Å². The van der Waals surface area contributed by atoms with E-state index < -0.39 is 0 Å². The lowest BCUT2D eigenvalue weighted by molar-refractivity contribution is 0.881. The number of hydrogen-bond donors (Lipinski definition) is 1. The van der Waals surface area contributed by atoms with Crippen LogP contribution in [0.1, 0.15) is 23.8 Å². The quantitative estimate of drug-likeness (QED) is 0.614. The second-order valence-electron chi connectivity index (χ2n) is 5.81. The Balaban J connectivity index is 1.95. The average Bonchev–Trinajstić information content (AvgIpc) is 3.12. The van der Waals surface area contributed by atoms with Crippen LogP contribution in [0.3, 0.4) is 0 Å². The van der Waals surface area contributed by atoms with E-state index in [1.807, 2.05) is 31.2 Å². The lowest BCUT2D eigenvalue weighted by Gasteiger charge is -1.99. The summed E-state index contributed by atoms with van der Waals surface area (Å²) >= 11 is 1.66. The number of fused-ring (bicyclic) bond motifs is 3. The molecule has 0 fully saturated rings. The van der Waals surface area contributed by atoms with Gasteiger partial charge in [0.1, 0.15) is 5.00 Å². The zero-order valence-electron chi connectivity index (χ0n) is 13.1. The van der Waals surface area contributed by atoms with Crippen molar-refractivity contribution < 1.29 is 0 Å². The molecule has 0 saturated heterocycles. The molecule has 4 rings (SSSR count). The fourth-order valence-electron chi connectivity index (χ4n) is 2.89. The standard InChI is InChI=1S/C18H17N3OS/c1-3-4-12-6-8-16(23-12)21-18(22)14-10-19-15-9-11(2)5-7-13(15)17(14)20-21/h5-10,20H,3-4H2,1-2H3. The first kappa shape index (κ1) is 14.2. The molecule has 23 heavy (non-hydrogen) atoms. The zero-order valence-corrected chi connectivity index (χ0v) is 13.9. The highest BCUT2D eigenvalue weighted by molar-refractivity contribution is 7.14. The van der Waals surface area contributed by atoms with Gasteiger partial charge in [-0.15, -0.1) is 11.3 Å². The molecule has 0 spiro atoms. The average molecular weight is 323 g/mol. The van der Waals surface area contributed by atoms with E-state index in [4.69, 9.17) is 0 Å². The van der Waals surface area contributed by atoms with Gasteiger partial charge >= 0.3 is 0 Å². The Morgan fingerprint density at radius 2 is 2.09 bits per heavy atom. The number of hydrogen-bond acceptors (Lipinski definition) is 3. The Bertz CT molecular complexity index is 1070. The van der Waals surface area contributed by atoms with Crippen LogP contribution in [0.4, 0.5) is 0 Å². The van der Waals surface area contributed by atoms with Gasteiger partial charge in [-0.3, -0.25) is 14.9 Å². The van der Waals surface area contributed by atoms with Crippen molar-refractivity contribution in [2.75, 3.05) is 0 Å². The largest absolute Gasteiger partial charge is 0.289 e. The predicted molar refractivity (Wildman–Crippen MR) is 95.8 cm³/mol. The second-order valence-corrected chi connectivity index (χ2v) is 6.96. The second kappa shape index (κ2) is 5.35. The number of rotatable bonds is 3. The molecule has 0 unspecified atom stereocenters. The van der Waals surface area contributed by atoms with Crippen molar-refractivity contribution in [3.05, 3.63) is 57.3 Å². The minimum atomic E-state index is -0.0418. The highest BCUT2D eigenvalue weighted by atomic mass is 32.1. The summed E-state index contributed by atoms with van der Waals surface area (Å²) in [7, 11) is 0. The van der Waals surface area contributed by atoms with Crippen molar-refractivity contribution in [2.24, 2.45) is 0 Å². The number of nitrogens with one attached hydrogen (secondary N) is 1. The molecule has 3 heterocycles. The monoisotopic (exact) mass is 323 g/mol. The van der Waals surface area contributed by atoms with Gasteiger partial charge < -0.3 is 0 Å². The van der Waals surface area contributed by atoms with E-state index in [-0.39, 0.29) is 5.56 Å². The Labute approximate surface area is 137 Å². The minimum Gasteiger partial charge on any atom is -0.289 e. The summed E-state index contributed by atoms with van der Waals surface area (Å²) in [4.78, 5) is 18.4. The molecule has 1 N–H and O–H groups in total. The first-order valence-electron chi connectivity index (χ1n) is 7.76. The van der Waals surface area contributed by atoms with Crippen LogP contribution in [0.25, 0.3) is 26.8 Å². The number of pyridine rings is 1. The lowest BCUT2D eigenvalue weighted by Crippen LogP contribution is -2.12. The van der Waals surface area contributed by atoms with Crippen LogP contribution in [-0.2, 0) is 6.42 Å². The molecular formula is C18H17N3OS. The Morgan fingerprint density at radius 3 is 2.91 bits per heavy atom. The molecule has 0 amide bonds. The molecule has 0 aliphatic rings. The molecule has 0 radical (unpaired) electrons. The molecule has 0 saturated carbocycles. The van der Waals surface area contributed by atoms with Gasteiger partial charge in [-0.1, -0.05) is 25.5 Å². The molecule has 0 atom stereocenters. The van der Waals surface area contributed by atoms with E-state index in [0.29, 0.717) is 5.39 Å². The van der Waals surface area contributed by atoms with Crippen LogP contribution in [-0.4, -0.2) is 14.8 Å². The molecule has 3 aromatic heterocycles. The first-order chi connectivity index (χ1) is 11.2. The van der Waals surface area contributed by atoms with Crippen LogP contribution in [0, 0.1) is 6.92 Å². The number of benzene rings is 1. The normalized spacial score (nSPS) is 11.6. The van der Waals surface area contributed by atoms with Gasteiger partial charge in [0.2, 0.25) is 0 Å². The van der Waals surface area contributed by atoms with Gasteiger partial charge in [0.15, 0.2) is 0 Å². The Kier molecular flexibility index (Phi) is 3.31. The number of thiophene rings is 1. The van der Waals surface area contributed by atoms with Crippen LogP contribution >= 0.6 is 11.3 Å². The van der Waals surface area contributed by atoms with Crippen LogP contribution in [0.5, 0.6) is 0 Å². The third-order valence-electron chi connectivity index (χ3n) is 4.05. The topological polar surface area (TPSA) is 50.7 Å². The molecule has 0 bridgehead atoms. The van der Waals surface area contributed by atoms with Gasteiger partial charge in [-0.05, 0) is 37.1 Å². The zero-order chi connectivity index (χ0) is 16.0. The van der Waals surface area contributed by atoms with Crippen LogP contribution in [0.2, 0.25) is 0 Å². The van der Waals surface area contributed by atoms with Crippen molar-refractivity contribution in [2.45, 2.75) is 26.7 Å². The van der Waals surface area contributed by atoms with Crippen molar-refractivity contribution >= 4 is 33.1 Å². The Hall–Kier alpha value is -2.40. The Morgan fingerprint density at radius 1 is 1.22 bits per heavy atom. The fraction of sp³-hybridized carbons (Fsp3) is 0.222. The minimum absolute atomic E-state index is 0.0418. The third-order valence-corrected chi connectivity index (χ3v) is 5.18. The smallest absolute Gasteiger partial charge is 0.281 e. The molecule has 4 nitrogen and oxygen atoms in total. The summed E-state index contributed by atoms with van der Waals surface area (Å²) in [5.74, 6) is 0. The number of aromatic amines is 1. The summed E-state index contributed by atoms with van der Waals surface area (Å²) in [6.07, 6.45) is 3.83. The van der Waals surface area contributed by atoms with Crippen molar-refractivity contribution in [1.29, 1.82) is 0 Å². The van der Waals surface area contributed by atoms with E-state index in [1.165, 1.54) is 4.88 Å². The van der Waals surface area contributed by atoms with Crippen molar-refractivity contribution in [1.82, 2.24) is 14.8 Å². The highest BCUT2D eigenvalue weighted by Gasteiger charge is 2.13. The lowest BCUT2D eigenvalue weighted by atomic mass is 10.1. The predicted octanol–water partition coefficient (Wildman–Crippen LogP) is 4.19. The molecule has 5 heteroatoms. The fourth-order valence-corrected chi connectivity index (χ4v) is 3.96. The van der Waals surface area contributed by atoms with Crippen LogP contribution in [0.15, 0.2) is 41.3 Å². The maximum absolute atomic E-state index is 12.7. The first-order valence-corrected chi connectivity index (χ1v) is 8.58. The summed E-state index contributed by atoms with van der Waals surface area (Å²) in [5.41, 5.74) is 2.88. The maximum atomic E-state index is 12.7. The molecule has 116 valence electrons. The van der Waals surface area contributed by atoms with Gasteiger partial charge in [0, 0.05) is 16.5 Å². The SMILES string of the molecule is CCCc1ccc(-n2[nH]c3c(cnc4cc(C)ccc43)c2=O)s1. The molecular weight excluding hydrogens is 306 g/mol. The summed E-state index contributed by atoms with van der Waals surface area (Å²) < 4.78 is 1.63. The van der Waals surface area contributed by atoms with E-state index in [9.17, 15) is 4.79 Å². The van der Waals surface area contributed by atoms with Crippen molar-refractivity contribution in [3.63, 3.8) is 0 Å². The molecule has 0 aliphatic heterocycles. The maximum Gasteiger partial charge on any atom is 0.281 e. The molecule has 4 aromatic rings. The van der Waals surface area contributed by atoms with E-state index >= 15 is 0 Å². The molecule has 0 aliphatic carbocycles. The van der Waals surface area contributed by atoms with E-state index in [2.05, 4.69) is 23.1 Å². The number of aromatic nitrogens is 3. The third kappa shape index (κ3) is 2.28.